The van der Waals surface area contributed by atoms with Crippen LogP contribution < -0.4 is 0 Å². The van der Waals surface area contributed by atoms with Gasteiger partial charge in [-0.2, -0.15) is 0 Å². The Morgan fingerprint density at radius 1 is 1.03 bits per heavy atom. The van der Waals surface area contributed by atoms with Gasteiger partial charge in [-0.05, 0) is 62.4 Å². The lowest BCUT2D eigenvalue weighted by Gasteiger charge is -2.40. The molecule has 1 saturated heterocycles. The van der Waals surface area contributed by atoms with Crippen LogP contribution in [0.1, 0.15) is 42.0 Å². The van der Waals surface area contributed by atoms with Gasteiger partial charge in [0.1, 0.15) is 11.4 Å². The second kappa shape index (κ2) is 7.51. The number of likely N-dealkylation sites (tertiary alicyclic amines) is 1. The number of fused-ring (bicyclic) bond motifs is 1. The zero-order valence-electron chi connectivity index (χ0n) is 17.3. The fourth-order valence-corrected chi connectivity index (χ4v) is 4.49. The molecule has 0 bridgehead atoms. The van der Waals surface area contributed by atoms with Crippen molar-refractivity contribution in [3.05, 3.63) is 71.0 Å². The third-order valence-corrected chi connectivity index (χ3v) is 6.58. The summed E-state index contributed by atoms with van der Waals surface area (Å²) in [6, 6.07) is 14.1. The minimum atomic E-state index is -0.477. The lowest BCUT2D eigenvalue weighted by atomic mass is 9.70. The molecular weight excluding hydrogens is 362 g/mol. The summed E-state index contributed by atoms with van der Waals surface area (Å²) in [4.78, 5) is 27.4. The third-order valence-electron chi connectivity index (χ3n) is 6.58. The van der Waals surface area contributed by atoms with Crippen LogP contribution in [0.3, 0.4) is 0 Å². The molecule has 1 aromatic heterocycles. The van der Waals surface area contributed by atoms with Crippen LogP contribution in [0.2, 0.25) is 0 Å². The van der Waals surface area contributed by atoms with Crippen LogP contribution >= 0.6 is 0 Å². The second-order valence-electron chi connectivity index (χ2n) is 8.26. The Bertz CT molecular complexity index is 1060. The van der Waals surface area contributed by atoms with Crippen molar-refractivity contribution in [3.63, 3.8) is 0 Å². The average molecular weight is 389 g/mol. The maximum Gasteiger partial charge on any atom is 0.227 e. The molecule has 0 radical (unpaired) electrons. The van der Waals surface area contributed by atoms with Gasteiger partial charge < -0.3 is 9.32 Å². The molecule has 0 spiro atoms. The van der Waals surface area contributed by atoms with Crippen molar-refractivity contribution in [1.82, 2.24) is 4.90 Å². The van der Waals surface area contributed by atoms with Crippen LogP contribution in [0.25, 0.3) is 11.0 Å². The van der Waals surface area contributed by atoms with E-state index in [2.05, 4.69) is 19.9 Å². The fourth-order valence-electron chi connectivity index (χ4n) is 4.49. The predicted octanol–water partition coefficient (Wildman–Crippen LogP) is 4.74. The van der Waals surface area contributed by atoms with E-state index in [-0.39, 0.29) is 11.7 Å². The number of carbonyl (C=O) groups excluding carboxylic acids is 2. The molecule has 4 rings (SSSR count). The van der Waals surface area contributed by atoms with Gasteiger partial charge in [0.2, 0.25) is 5.91 Å². The molecule has 4 heteroatoms. The van der Waals surface area contributed by atoms with Crippen molar-refractivity contribution in [2.75, 3.05) is 13.1 Å². The van der Waals surface area contributed by atoms with E-state index in [1.54, 1.807) is 13.2 Å². The summed E-state index contributed by atoms with van der Waals surface area (Å²) in [5.41, 5.74) is 4.72. The summed E-state index contributed by atoms with van der Waals surface area (Å²) < 4.78 is 5.68. The topological polar surface area (TPSA) is 50.5 Å². The maximum atomic E-state index is 13.0. The summed E-state index contributed by atoms with van der Waals surface area (Å²) >= 11 is 0. The summed E-state index contributed by atoms with van der Waals surface area (Å²) in [7, 11) is 0. The Kier molecular flexibility index (Phi) is 5.03. The SMILES string of the molecule is CC(=O)C1(c2ccccc2)CCN(C(=O)Cc2coc3cc(C)c(C)cc23)CC1. The van der Waals surface area contributed by atoms with Crippen molar-refractivity contribution in [2.45, 2.75) is 45.4 Å². The highest BCUT2D eigenvalue weighted by Gasteiger charge is 2.41. The Labute approximate surface area is 171 Å². The molecule has 0 N–H and O–H groups in total. The molecule has 0 aliphatic carbocycles. The number of ketones is 1. The lowest BCUT2D eigenvalue weighted by Crippen LogP contribution is -2.48. The molecule has 150 valence electrons. The standard InChI is InChI=1S/C25H27NO3/c1-17-13-22-20(16-29-23(22)14-18(17)2)15-24(28)26-11-9-25(10-12-26,19(3)27)21-7-5-4-6-8-21/h4-8,13-14,16H,9-12,15H2,1-3H3. The van der Waals surface area contributed by atoms with Gasteiger partial charge in [-0.1, -0.05) is 30.3 Å². The third kappa shape index (κ3) is 3.48. The number of rotatable bonds is 4. The summed E-state index contributed by atoms with van der Waals surface area (Å²) in [5, 5.41) is 1.01. The number of amides is 1. The first kappa shape index (κ1) is 19.4. The zero-order chi connectivity index (χ0) is 20.6. The fraction of sp³-hybridized carbons (Fsp3) is 0.360. The Hall–Kier alpha value is -2.88. The molecule has 1 aliphatic rings. The average Bonchev–Trinajstić information content (AvgIpc) is 3.10. The van der Waals surface area contributed by atoms with E-state index in [9.17, 15) is 9.59 Å². The normalized spacial score (nSPS) is 16.2. The number of Topliss-reactive ketones (excluding diaryl/α,β-unsaturated/α-hetero) is 1. The molecule has 2 aromatic carbocycles. The second-order valence-corrected chi connectivity index (χ2v) is 8.26. The lowest BCUT2D eigenvalue weighted by molar-refractivity contribution is -0.135. The highest BCUT2D eigenvalue weighted by Crippen LogP contribution is 2.37. The first-order chi connectivity index (χ1) is 13.9. The number of benzene rings is 2. The van der Waals surface area contributed by atoms with E-state index in [0.29, 0.717) is 32.4 Å². The van der Waals surface area contributed by atoms with Gasteiger partial charge in [0.15, 0.2) is 0 Å². The molecule has 0 unspecified atom stereocenters. The summed E-state index contributed by atoms with van der Waals surface area (Å²) in [6.07, 6.45) is 3.37. The highest BCUT2D eigenvalue weighted by molar-refractivity contribution is 5.90. The molecule has 2 heterocycles. The van der Waals surface area contributed by atoms with Gasteiger partial charge in [-0.3, -0.25) is 9.59 Å². The molecule has 1 fully saturated rings. The minimum absolute atomic E-state index is 0.0936. The molecule has 1 amide bonds. The van der Waals surface area contributed by atoms with E-state index in [1.165, 1.54) is 11.1 Å². The zero-order valence-corrected chi connectivity index (χ0v) is 17.3. The minimum Gasteiger partial charge on any atom is -0.464 e. The van der Waals surface area contributed by atoms with Crippen LogP contribution in [0, 0.1) is 13.8 Å². The summed E-state index contributed by atoms with van der Waals surface area (Å²) in [5.74, 6) is 0.276. The number of hydrogen-bond acceptors (Lipinski definition) is 3. The van der Waals surface area contributed by atoms with Crippen molar-refractivity contribution < 1.29 is 14.0 Å². The van der Waals surface area contributed by atoms with Gasteiger partial charge >= 0.3 is 0 Å². The van der Waals surface area contributed by atoms with Crippen LogP contribution in [0.15, 0.2) is 53.1 Å². The van der Waals surface area contributed by atoms with Crippen LogP contribution in [-0.2, 0) is 21.4 Å². The number of carbonyl (C=O) groups is 2. The number of hydrogen-bond donors (Lipinski definition) is 0. The maximum absolute atomic E-state index is 13.0. The predicted molar refractivity (Wildman–Crippen MR) is 114 cm³/mol. The molecule has 29 heavy (non-hydrogen) atoms. The molecule has 3 aromatic rings. The molecular formula is C25H27NO3. The van der Waals surface area contributed by atoms with E-state index in [1.807, 2.05) is 41.3 Å². The highest BCUT2D eigenvalue weighted by atomic mass is 16.3. The Morgan fingerprint density at radius 2 is 1.69 bits per heavy atom. The van der Waals surface area contributed by atoms with Crippen molar-refractivity contribution in [2.24, 2.45) is 0 Å². The molecule has 0 atom stereocenters. The first-order valence-electron chi connectivity index (χ1n) is 10.2. The summed E-state index contributed by atoms with van der Waals surface area (Å²) in [6.45, 7) is 7.00. The quantitative estimate of drug-likeness (QED) is 0.647. The smallest absolute Gasteiger partial charge is 0.227 e. The van der Waals surface area contributed by atoms with Crippen molar-refractivity contribution in [3.8, 4) is 0 Å². The van der Waals surface area contributed by atoms with Gasteiger partial charge in [-0.25, -0.2) is 0 Å². The Balaban J connectivity index is 1.50. The van der Waals surface area contributed by atoms with Gasteiger partial charge in [0, 0.05) is 24.0 Å². The van der Waals surface area contributed by atoms with Crippen molar-refractivity contribution in [1.29, 1.82) is 0 Å². The van der Waals surface area contributed by atoms with Crippen LogP contribution in [0.5, 0.6) is 0 Å². The van der Waals surface area contributed by atoms with Gasteiger partial charge in [0.25, 0.3) is 0 Å². The van der Waals surface area contributed by atoms with Crippen LogP contribution in [-0.4, -0.2) is 29.7 Å². The van der Waals surface area contributed by atoms with E-state index in [0.717, 1.165) is 22.1 Å². The number of nitrogens with zero attached hydrogens (tertiary/aromatic N) is 1. The van der Waals surface area contributed by atoms with E-state index >= 15 is 0 Å². The molecule has 0 saturated carbocycles. The van der Waals surface area contributed by atoms with Crippen LogP contribution in [0.4, 0.5) is 0 Å². The van der Waals surface area contributed by atoms with E-state index in [4.69, 9.17) is 4.42 Å². The largest absolute Gasteiger partial charge is 0.464 e. The van der Waals surface area contributed by atoms with Crippen molar-refractivity contribution >= 4 is 22.7 Å². The Morgan fingerprint density at radius 3 is 2.34 bits per heavy atom. The number of furan rings is 1. The first-order valence-corrected chi connectivity index (χ1v) is 10.2. The monoisotopic (exact) mass is 389 g/mol. The number of piperidine rings is 1. The molecule has 1 aliphatic heterocycles. The molecule has 4 nitrogen and oxygen atoms in total. The van der Waals surface area contributed by atoms with Gasteiger partial charge in [0.05, 0.1) is 18.1 Å². The van der Waals surface area contributed by atoms with Gasteiger partial charge in [-0.15, -0.1) is 0 Å². The number of aryl methyl sites for hydroxylation is 2. The van der Waals surface area contributed by atoms with E-state index < -0.39 is 5.41 Å².